The van der Waals surface area contributed by atoms with Gasteiger partial charge in [-0.2, -0.15) is 0 Å². The fourth-order valence-electron chi connectivity index (χ4n) is 1.59. The van der Waals surface area contributed by atoms with E-state index in [0.717, 1.165) is 13.0 Å². The number of rotatable bonds is 2. The van der Waals surface area contributed by atoms with Gasteiger partial charge in [0, 0.05) is 13.1 Å². The minimum Gasteiger partial charge on any atom is -0.450 e. The summed E-state index contributed by atoms with van der Waals surface area (Å²) in [7, 11) is 0. The quantitative estimate of drug-likeness (QED) is 0.636. The van der Waals surface area contributed by atoms with E-state index >= 15 is 0 Å². The zero-order valence-electron chi connectivity index (χ0n) is 9.25. The second-order valence-electron chi connectivity index (χ2n) is 3.83. The molecule has 0 aromatic rings. The van der Waals surface area contributed by atoms with Crippen LogP contribution in [0.2, 0.25) is 0 Å². The van der Waals surface area contributed by atoms with E-state index in [4.69, 9.17) is 4.74 Å². The standard InChI is InChI=1S/C11H19NO2/c1-4-14-11(13)12-7-5-10(6-8-12)9(2)3/h5,9H,4,6-8H2,1-3H3. The summed E-state index contributed by atoms with van der Waals surface area (Å²) in [6.07, 6.45) is 2.94. The van der Waals surface area contributed by atoms with Gasteiger partial charge in [0.05, 0.1) is 6.61 Å². The number of ether oxygens (including phenoxy) is 1. The Morgan fingerprint density at radius 3 is 2.79 bits per heavy atom. The van der Waals surface area contributed by atoms with Crippen molar-refractivity contribution in [2.45, 2.75) is 27.2 Å². The van der Waals surface area contributed by atoms with Gasteiger partial charge in [0.15, 0.2) is 0 Å². The van der Waals surface area contributed by atoms with Crippen LogP contribution in [0.25, 0.3) is 0 Å². The highest BCUT2D eigenvalue weighted by atomic mass is 16.6. The molecular weight excluding hydrogens is 178 g/mol. The van der Waals surface area contributed by atoms with E-state index in [1.807, 2.05) is 6.92 Å². The highest BCUT2D eigenvalue weighted by Crippen LogP contribution is 2.18. The fourth-order valence-corrected chi connectivity index (χ4v) is 1.59. The van der Waals surface area contributed by atoms with Crippen molar-refractivity contribution in [3.8, 4) is 0 Å². The topological polar surface area (TPSA) is 29.5 Å². The van der Waals surface area contributed by atoms with Crippen LogP contribution >= 0.6 is 0 Å². The number of carbonyl (C=O) groups is 1. The Morgan fingerprint density at radius 1 is 1.64 bits per heavy atom. The summed E-state index contributed by atoms with van der Waals surface area (Å²) in [5.74, 6) is 0.597. The lowest BCUT2D eigenvalue weighted by molar-refractivity contribution is 0.110. The molecule has 0 aromatic heterocycles. The van der Waals surface area contributed by atoms with E-state index < -0.39 is 0 Å². The summed E-state index contributed by atoms with van der Waals surface area (Å²) in [6, 6.07) is 0. The second-order valence-corrected chi connectivity index (χ2v) is 3.83. The summed E-state index contributed by atoms with van der Waals surface area (Å²) < 4.78 is 4.93. The van der Waals surface area contributed by atoms with Gasteiger partial charge in [-0.1, -0.05) is 25.5 Å². The Labute approximate surface area is 85.7 Å². The third-order valence-corrected chi connectivity index (χ3v) is 2.51. The van der Waals surface area contributed by atoms with Crippen molar-refractivity contribution >= 4 is 6.09 Å². The highest BCUT2D eigenvalue weighted by Gasteiger charge is 2.18. The minimum atomic E-state index is -0.188. The second kappa shape index (κ2) is 5.03. The molecule has 1 aliphatic rings. The van der Waals surface area contributed by atoms with Crippen molar-refractivity contribution < 1.29 is 9.53 Å². The Bertz CT molecular complexity index is 233. The summed E-state index contributed by atoms with van der Waals surface area (Å²) in [4.78, 5) is 13.1. The number of hydrogen-bond acceptors (Lipinski definition) is 2. The molecule has 0 aliphatic carbocycles. The SMILES string of the molecule is CCOC(=O)N1CC=C(C(C)C)CC1. The maximum absolute atomic E-state index is 11.3. The van der Waals surface area contributed by atoms with Gasteiger partial charge in [-0.25, -0.2) is 4.79 Å². The summed E-state index contributed by atoms with van der Waals surface area (Å²) in [5.41, 5.74) is 1.45. The van der Waals surface area contributed by atoms with Crippen LogP contribution in [0.3, 0.4) is 0 Å². The zero-order valence-corrected chi connectivity index (χ0v) is 9.25. The molecule has 1 aliphatic heterocycles. The summed E-state index contributed by atoms with van der Waals surface area (Å²) in [6.45, 7) is 8.15. The molecule has 3 heteroatoms. The maximum atomic E-state index is 11.3. The number of nitrogens with zero attached hydrogens (tertiary/aromatic N) is 1. The Hall–Kier alpha value is -0.990. The Kier molecular flexibility index (Phi) is 3.98. The molecule has 3 nitrogen and oxygen atoms in total. The molecule has 1 heterocycles. The lowest BCUT2D eigenvalue weighted by Gasteiger charge is -2.26. The van der Waals surface area contributed by atoms with Crippen LogP contribution in [0, 0.1) is 5.92 Å². The first kappa shape index (κ1) is 11.1. The van der Waals surface area contributed by atoms with Crippen molar-refractivity contribution in [2.75, 3.05) is 19.7 Å². The van der Waals surface area contributed by atoms with Gasteiger partial charge >= 0.3 is 6.09 Å². The van der Waals surface area contributed by atoms with E-state index in [9.17, 15) is 4.79 Å². The number of hydrogen-bond donors (Lipinski definition) is 0. The lowest BCUT2D eigenvalue weighted by Crippen LogP contribution is -2.35. The molecule has 0 fully saturated rings. The van der Waals surface area contributed by atoms with Crippen LogP contribution in [-0.2, 0) is 4.74 Å². The van der Waals surface area contributed by atoms with E-state index in [1.165, 1.54) is 5.57 Å². The molecule has 0 radical (unpaired) electrons. The molecule has 0 bridgehead atoms. The summed E-state index contributed by atoms with van der Waals surface area (Å²) >= 11 is 0. The van der Waals surface area contributed by atoms with E-state index in [1.54, 1.807) is 4.90 Å². The van der Waals surface area contributed by atoms with Gasteiger partial charge in [0.2, 0.25) is 0 Å². The van der Waals surface area contributed by atoms with Gasteiger partial charge in [0.25, 0.3) is 0 Å². The first-order valence-electron chi connectivity index (χ1n) is 5.25. The van der Waals surface area contributed by atoms with Gasteiger partial charge in [0.1, 0.15) is 0 Å². The average molecular weight is 197 g/mol. The molecule has 1 amide bonds. The third-order valence-electron chi connectivity index (χ3n) is 2.51. The monoisotopic (exact) mass is 197 g/mol. The molecule has 0 unspecified atom stereocenters. The first-order chi connectivity index (χ1) is 6.65. The normalized spacial score (nSPS) is 16.9. The molecule has 1 rings (SSSR count). The molecule has 14 heavy (non-hydrogen) atoms. The molecule has 0 saturated heterocycles. The van der Waals surface area contributed by atoms with Crippen LogP contribution in [0.5, 0.6) is 0 Å². The maximum Gasteiger partial charge on any atom is 0.410 e. The van der Waals surface area contributed by atoms with E-state index in [2.05, 4.69) is 19.9 Å². The van der Waals surface area contributed by atoms with Crippen LogP contribution in [0.4, 0.5) is 4.79 Å². The predicted molar refractivity (Wildman–Crippen MR) is 56.1 cm³/mol. The third kappa shape index (κ3) is 2.76. The number of amides is 1. The van der Waals surface area contributed by atoms with Crippen LogP contribution in [-0.4, -0.2) is 30.7 Å². The highest BCUT2D eigenvalue weighted by molar-refractivity contribution is 5.68. The fraction of sp³-hybridized carbons (Fsp3) is 0.727. The molecule has 0 atom stereocenters. The zero-order chi connectivity index (χ0) is 10.6. The van der Waals surface area contributed by atoms with Crippen LogP contribution in [0.15, 0.2) is 11.6 Å². The van der Waals surface area contributed by atoms with E-state index in [-0.39, 0.29) is 6.09 Å². The Morgan fingerprint density at radius 2 is 2.36 bits per heavy atom. The molecule has 0 spiro atoms. The largest absolute Gasteiger partial charge is 0.450 e. The minimum absolute atomic E-state index is 0.188. The van der Waals surface area contributed by atoms with Crippen molar-refractivity contribution in [3.05, 3.63) is 11.6 Å². The number of carbonyl (C=O) groups excluding carboxylic acids is 1. The van der Waals surface area contributed by atoms with Gasteiger partial charge in [-0.15, -0.1) is 0 Å². The smallest absolute Gasteiger partial charge is 0.410 e. The van der Waals surface area contributed by atoms with E-state index in [0.29, 0.717) is 19.1 Å². The molecular formula is C11H19NO2. The van der Waals surface area contributed by atoms with Crippen molar-refractivity contribution in [1.82, 2.24) is 4.90 Å². The molecule has 0 saturated carbocycles. The lowest BCUT2D eigenvalue weighted by atomic mass is 9.97. The van der Waals surface area contributed by atoms with Crippen molar-refractivity contribution in [3.63, 3.8) is 0 Å². The van der Waals surface area contributed by atoms with Crippen molar-refractivity contribution in [2.24, 2.45) is 5.92 Å². The van der Waals surface area contributed by atoms with Gasteiger partial charge in [-0.05, 0) is 19.3 Å². The molecule has 0 aromatic carbocycles. The van der Waals surface area contributed by atoms with Crippen LogP contribution in [0.1, 0.15) is 27.2 Å². The van der Waals surface area contributed by atoms with Gasteiger partial charge < -0.3 is 9.64 Å². The Balaban J connectivity index is 2.46. The van der Waals surface area contributed by atoms with Crippen LogP contribution < -0.4 is 0 Å². The van der Waals surface area contributed by atoms with Gasteiger partial charge in [-0.3, -0.25) is 0 Å². The summed E-state index contributed by atoms with van der Waals surface area (Å²) in [5, 5.41) is 0. The van der Waals surface area contributed by atoms with Crippen molar-refractivity contribution in [1.29, 1.82) is 0 Å². The molecule has 0 N–H and O–H groups in total. The predicted octanol–water partition coefficient (Wildman–Crippen LogP) is 2.43. The first-order valence-corrected chi connectivity index (χ1v) is 5.25. The molecule has 80 valence electrons. The average Bonchev–Trinajstić information content (AvgIpc) is 2.18.